The summed E-state index contributed by atoms with van der Waals surface area (Å²) < 4.78 is 10.4. The SMILES string of the molecule is COc1ncc(-c2cc(C)c(OC)c(C)c2)[nH]1. The maximum atomic E-state index is 5.34. The molecular formula is C13H16N2O2. The Morgan fingerprint density at radius 1 is 1.06 bits per heavy atom. The van der Waals surface area contributed by atoms with E-state index in [9.17, 15) is 0 Å². The Morgan fingerprint density at radius 2 is 1.71 bits per heavy atom. The summed E-state index contributed by atoms with van der Waals surface area (Å²) in [5, 5.41) is 0. The summed E-state index contributed by atoms with van der Waals surface area (Å²) >= 11 is 0. The standard InChI is InChI=1S/C13H16N2O2/c1-8-5-10(6-9(2)12(8)16-3)11-7-14-13(15-11)17-4/h5-7H,1-4H3,(H,14,15). The van der Waals surface area contributed by atoms with Gasteiger partial charge in [0, 0.05) is 5.56 Å². The summed E-state index contributed by atoms with van der Waals surface area (Å²) in [6.07, 6.45) is 1.76. The number of hydrogen-bond donors (Lipinski definition) is 1. The number of ether oxygens (including phenoxy) is 2. The first-order valence-corrected chi connectivity index (χ1v) is 5.40. The van der Waals surface area contributed by atoms with E-state index in [1.165, 1.54) is 0 Å². The molecule has 2 rings (SSSR count). The molecule has 4 nitrogen and oxygen atoms in total. The van der Waals surface area contributed by atoms with Crippen molar-refractivity contribution in [3.63, 3.8) is 0 Å². The maximum absolute atomic E-state index is 5.34. The molecule has 17 heavy (non-hydrogen) atoms. The highest BCUT2D eigenvalue weighted by Crippen LogP contribution is 2.29. The molecule has 0 aliphatic rings. The van der Waals surface area contributed by atoms with E-state index >= 15 is 0 Å². The maximum Gasteiger partial charge on any atom is 0.293 e. The second-order valence-corrected chi connectivity index (χ2v) is 3.95. The fraction of sp³-hybridized carbons (Fsp3) is 0.308. The number of nitrogens with zero attached hydrogens (tertiary/aromatic N) is 1. The molecule has 0 bridgehead atoms. The summed E-state index contributed by atoms with van der Waals surface area (Å²) in [5.74, 6) is 0.931. The molecule has 1 aromatic heterocycles. The quantitative estimate of drug-likeness (QED) is 0.885. The van der Waals surface area contributed by atoms with Crippen molar-refractivity contribution in [2.45, 2.75) is 13.8 Å². The molecule has 0 saturated carbocycles. The number of H-pyrrole nitrogens is 1. The number of imidazole rings is 1. The van der Waals surface area contributed by atoms with Gasteiger partial charge in [0.25, 0.3) is 6.01 Å². The highest BCUT2D eigenvalue weighted by Gasteiger charge is 2.08. The Kier molecular flexibility index (Phi) is 3.04. The van der Waals surface area contributed by atoms with Gasteiger partial charge in [0.15, 0.2) is 0 Å². The van der Waals surface area contributed by atoms with Gasteiger partial charge in [0.05, 0.1) is 26.1 Å². The molecular weight excluding hydrogens is 216 g/mol. The zero-order valence-corrected chi connectivity index (χ0v) is 10.5. The molecule has 0 radical (unpaired) electrons. The molecule has 1 N–H and O–H groups in total. The Balaban J connectivity index is 2.46. The fourth-order valence-corrected chi connectivity index (χ4v) is 1.98. The van der Waals surface area contributed by atoms with Crippen molar-refractivity contribution < 1.29 is 9.47 Å². The van der Waals surface area contributed by atoms with Gasteiger partial charge < -0.3 is 14.5 Å². The molecule has 0 saturated heterocycles. The van der Waals surface area contributed by atoms with Crippen molar-refractivity contribution in [2.75, 3.05) is 14.2 Å². The summed E-state index contributed by atoms with van der Waals surface area (Å²) in [5.41, 5.74) is 4.24. The normalized spacial score (nSPS) is 10.4. The smallest absolute Gasteiger partial charge is 0.293 e. The van der Waals surface area contributed by atoms with Crippen LogP contribution in [-0.2, 0) is 0 Å². The third-order valence-electron chi connectivity index (χ3n) is 2.72. The number of methoxy groups -OCH3 is 2. The van der Waals surface area contributed by atoms with Crippen LogP contribution in [0.5, 0.6) is 11.8 Å². The second-order valence-electron chi connectivity index (χ2n) is 3.95. The minimum absolute atomic E-state index is 0.520. The average Bonchev–Trinajstić information content (AvgIpc) is 2.77. The Bertz CT molecular complexity index is 509. The molecule has 2 aromatic rings. The lowest BCUT2D eigenvalue weighted by Gasteiger charge is -2.10. The molecule has 0 amide bonds. The first-order chi connectivity index (χ1) is 8.15. The van der Waals surface area contributed by atoms with Gasteiger partial charge in [-0.2, -0.15) is 0 Å². The van der Waals surface area contributed by atoms with Crippen molar-refractivity contribution in [1.29, 1.82) is 0 Å². The van der Waals surface area contributed by atoms with Crippen LogP contribution in [0.2, 0.25) is 0 Å². The van der Waals surface area contributed by atoms with Crippen LogP contribution in [0.25, 0.3) is 11.3 Å². The van der Waals surface area contributed by atoms with Crippen LogP contribution in [0, 0.1) is 13.8 Å². The zero-order valence-electron chi connectivity index (χ0n) is 10.5. The highest BCUT2D eigenvalue weighted by molar-refractivity contribution is 5.64. The summed E-state index contributed by atoms with van der Waals surface area (Å²) in [7, 11) is 3.28. The zero-order chi connectivity index (χ0) is 12.4. The van der Waals surface area contributed by atoms with Crippen molar-refractivity contribution in [1.82, 2.24) is 9.97 Å². The summed E-state index contributed by atoms with van der Waals surface area (Å²) in [6.45, 7) is 4.06. The van der Waals surface area contributed by atoms with Gasteiger partial charge in [-0.3, -0.25) is 0 Å². The number of rotatable bonds is 3. The lowest BCUT2D eigenvalue weighted by atomic mass is 10.0. The van der Waals surface area contributed by atoms with E-state index in [1.54, 1.807) is 20.4 Å². The van der Waals surface area contributed by atoms with E-state index in [4.69, 9.17) is 9.47 Å². The van der Waals surface area contributed by atoms with Gasteiger partial charge in [0.1, 0.15) is 5.75 Å². The summed E-state index contributed by atoms with van der Waals surface area (Å²) in [6, 6.07) is 4.66. The monoisotopic (exact) mass is 232 g/mol. The Hall–Kier alpha value is -1.97. The van der Waals surface area contributed by atoms with Crippen LogP contribution in [0.15, 0.2) is 18.3 Å². The van der Waals surface area contributed by atoms with E-state index in [1.807, 2.05) is 13.8 Å². The molecule has 0 unspecified atom stereocenters. The predicted octanol–water partition coefficient (Wildman–Crippen LogP) is 2.71. The molecule has 1 heterocycles. The Labute approximate surface area is 101 Å². The predicted molar refractivity (Wildman–Crippen MR) is 66.6 cm³/mol. The first-order valence-electron chi connectivity index (χ1n) is 5.40. The van der Waals surface area contributed by atoms with Crippen LogP contribution in [0.4, 0.5) is 0 Å². The van der Waals surface area contributed by atoms with Crippen LogP contribution in [0.1, 0.15) is 11.1 Å². The van der Waals surface area contributed by atoms with Gasteiger partial charge in [-0.25, -0.2) is 4.98 Å². The van der Waals surface area contributed by atoms with E-state index in [0.29, 0.717) is 6.01 Å². The number of aryl methyl sites for hydroxylation is 2. The minimum atomic E-state index is 0.520. The van der Waals surface area contributed by atoms with Crippen LogP contribution in [0.3, 0.4) is 0 Å². The van der Waals surface area contributed by atoms with Crippen molar-refractivity contribution >= 4 is 0 Å². The van der Waals surface area contributed by atoms with Crippen LogP contribution >= 0.6 is 0 Å². The number of hydrogen-bond acceptors (Lipinski definition) is 3. The highest BCUT2D eigenvalue weighted by atomic mass is 16.5. The third-order valence-corrected chi connectivity index (χ3v) is 2.72. The topological polar surface area (TPSA) is 47.1 Å². The van der Waals surface area contributed by atoms with Gasteiger partial charge >= 0.3 is 0 Å². The first kappa shape index (κ1) is 11.5. The second kappa shape index (κ2) is 4.49. The average molecular weight is 232 g/mol. The molecule has 0 atom stereocenters. The number of aromatic amines is 1. The molecule has 0 fully saturated rings. The summed E-state index contributed by atoms with van der Waals surface area (Å²) in [4.78, 5) is 7.20. The van der Waals surface area contributed by atoms with Gasteiger partial charge in [-0.15, -0.1) is 0 Å². The minimum Gasteiger partial charge on any atom is -0.496 e. The number of nitrogens with one attached hydrogen (secondary N) is 1. The Morgan fingerprint density at radius 3 is 2.18 bits per heavy atom. The molecule has 0 spiro atoms. The lowest BCUT2D eigenvalue weighted by molar-refractivity contribution is 0.384. The fourth-order valence-electron chi connectivity index (χ4n) is 1.98. The van der Waals surface area contributed by atoms with Crippen molar-refractivity contribution in [3.8, 4) is 23.0 Å². The van der Waals surface area contributed by atoms with E-state index < -0.39 is 0 Å². The van der Waals surface area contributed by atoms with Crippen LogP contribution in [-0.4, -0.2) is 24.2 Å². The molecule has 0 aliphatic carbocycles. The van der Waals surface area contributed by atoms with Gasteiger partial charge in [-0.1, -0.05) is 0 Å². The number of aromatic nitrogens is 2. The third kappa shape index (κ3) is 2.11. The van der Waals surface area contributed by atoms with Crippen LogP contribution < -0.4 is 9.47 Å². The van der Waals surface area contributed by atoms with Gasteiger partial charge in [0.2, 0.25) is 0 Å². The largest absolute Gasteiger partial charge is 0.496 e. The van der Waals surface area contributed by atoms with E-state index in [-0.39, 0.29) is 0 Å². The van der Waals surface area contributed by atoms with Crippen molar-refractivity contribution in [2.24, 2.45) is 0 Å². The lowest BCUT2D eigenvalue weighted by Crippen LogP contribution is -1.92. The molecule has 4 heteroatoms. The van der Waals surface area contributed by atoms with Gasteiger partial charge in [-0.05, 0) is 37.1 Å². The number of benzene rings is 1. The molecule has 90 valence electrons. The molecule has 1 aromatic carbocycles. The van der Waals surface area contributed by atoms with Crippen molar-refractivity contribution in [3.05, 3.63) is 29.5 Å². The van der Waals surface area contributed by atoms with E-state index in [0.717, 1.165) is 28.1 Å². The molecule has 0 aliphatic heterocycles. The van der Waals surface area contributed by atoms with E-state index in [2.05, 4.69) is 22.1 Å².